The SMILES string of the molecule is CC(C)Oc1ccc(N(CC(=O)Nc2cccc(Br)c2)S(C)(=O)=O)cc1. The molecule has 2 aromatic rings. The third kappa shape index (κ3) is 6.03. The molecule has 0 saturated carbocycles. The highest BCUT2D eigenvalue weighted by Gasteiger charge is 2.21. The van der Waals surface area contributed by atoms with Gasteiger partial charge in [0.25, 0.3) is 0 Å². The van der Waals surface area contributed by atoms with E-state index in [0.29, 0.717) is 17.1 Å². The number of amides is 1. The molecule has 0 fully saturated rings. The molecule has 0 aliphatic rings. The van der Waals surface area contributed by atoms with Crippen molar-refractivity contribution in [3.63, 3.8) is 0 Å². The second-order valence-corrected chi connectivity index (χ2v) is 8.81. The second kappa shape index (κ2) is 8.55. The van der Waals surface area contributed by atoms with E-state index in [4.69, 9.17) is 4.74 Å². The number of anilines is 2. The van der Waals surface area contributed by atoms with Gasteiger partial charge in [0.15, 0.2) is 0 Å². The summed E-state index contributed by atoms with van der Waals surface area (Å²) in [5.41, 5.74) is 0.978. The molecule has 0 heterocycles. The van der Waals surface area contributed by atoms with Gasteiger partial charge in [-0.3, -0.25) is 9.10 Å². The Hall–Kier alpha value is -2.06. The van der Waals surface area contributed by atoms with Crippen molar-refractivity contribution in [1.29, 1.82) is 0 Å². The molecule has 6 nitrogen and oxygen atoms in total. The topological polar surface area (TPSA) is 75.7 Å². The molecule has 140 valence electrons. The van der Waals surface area contributed by atoms with Crippen LogP contribution in [-0.4, -0.2) is 33.2 Å². The van der Waals surface area contributed by atoms with Crippen LogP contribution in [0.15, 0.2) is 53.0 Å². The molecule has 2 rings (SSSR count). The van der Waals surface area contributed by atoms with Gasteiger partial charge >= 0.3 is 0 Å². The number of halogens is 1. The quantitative estimate of drug-likeness (QED) is 0.712. The minimum atomic E-state index is -3.63. The summed E-state index contributed by atoms with van der Waals surface area (Å²) in [7, 11) is -3.63. The Labute approximate surface area is 162 Å². The maximum Gasteiger partial charge on any atom is 0.245 e. The van der Waals surface area contributed by atoms with Crippen molar-refractivity contribution in [2.24, 2.45) is 0 Å². The lowest BCUT2D eigenvalue weighted by Gasteiger charge is -2.22. The third-order valence-corrected chi connectivity index (χ3v) is 4.93. The summed E-state index contributed by atoms with van der Waals surface area (Å²) >= 11 is 3.33. The van der Waals surface area contributed by atoms with Crippen molar-refractivity contribution < 1.29 is 17.9 Å². The van der Waals surface area contributed by atoms with Gasteiger partial charge in [-0.1, -0.05) is 22.0 Å². The Kier molecular flexibility index (Phi) is 6.66. The molecule has 1 amide bonds. The number of ether oxygens (including phenoxy) is 1. The highest BCUT2D eigenvalue weighted by Crippen LogP contribution is 2.22. The molecule has 8 heteroatoms. The van der Waals surface area contributed by atoms with Gasteiger partial charge in [-0.2, -0.15) is 0 Å². The normalized spacial score (nSPS) is 11.3. The van der Waals surface area contributed by atoms with Crippen LogP contribution in [0.3, 0.4) is 0 Å². The Morgan fingerprint density at radius 2 is 1.85 bits per heavy atom. The highest BCUT2D eigenvalue weighted by molar-refractivity contribution is 9.10. The monoisotopic (exact) mass is 440 g/mol. The Morgan fingerprint density at radius 1 is 1.19 bits per heavy atom. The van der Waals surface area contributed by atoms with Crippen LogP contribution in [0.2, 0.25) is 0 Å². The lowest BCUT2D eigenvalue weighted by atomic mass is 10.3. The van der Waals surface area contributed by atoms with Crippen LogP contribution in [-0.2, 0) is 14.8 Å². The summed E-state index contributed by atoms with van der Waals surface area (Å²) in [4.78, 5) is 12.3. The summed E-state index contributed by atoms with van der Waals surface area (Å²) < 4.78 is 31.7. The van der Waals surface area contributed by atoms with Crippen molar-refractivity contribution in [2.75, 3.05) is 22.4 Å². The number of rotatable bonds is 7. The minimum absolute atomic E-state index is 0.0165. The molecule has 26 heavy (non-hydrogen) atoms. The Bertz CT molecular complexity index is 867. The zero-order valence-electron chi connectivity index (χ0n) is 14.8. The van der Waals surface area contributed by atoms with Gasteiger partial charge in [-0.15, -0.1) is 0 Å². The molecular weight excluding hydrogens is 420 g/mol. The average molecular weight is 441 g/mol. The average Bonchev–Trinajstić information content (AvgIpc) is 2.52. The van der Waals surface area contributed by atoms with E-state index in [1.165, 1.54) is 0 Å². The molecule has 1 N–H and O–H groups in total. The molecule has 0 unspecified atom stereocenters. The first-order chi connectivity index (χ1) is 12.1. The van der Waals surface area contributed by atoms with Crippen molar-refractivity contribution in [3.05, 3.63) is 53.0 Å². The molecule has 0 aliphatic carbocycles. The molecule has 2 aromatic carbocycles. The van der Waals surface area contributed by atoms with Gasteiger partial charge in [-0.05, 0) is 56.3 Å². The van der Waals surface area contributed by atoms with Crippen molar-refractivity contribution in [2.45, 2.75) is 20.0 Å². The van der Waals surface area contributed by atoms with Gasteiger partial charge in [0.05, 0.1) is 18.0 Å². The van der Waals surface area contributed by atoms with Gasteiger partial charge in [-0.25, -0.2) is 8.42 Å². The van der Waals surface area contributed by atoms with E-state index >= 15 is 0 Å². The minimum Gasteiger partial charge on any atom is -0.491 e. The number of sulfonamides is 1. The summed E-state index contributed by atoms with van der Waals surface area (Å²) in [5, 5.41) is 2.69. The first-order valence-electron chi connectivity index (χ1n) is 7.95. The molecule has 0 aliphatic heterocycles. The number of nitrogens with one attached hydrogen (secondary N) is 1. The number of hydrogen-bond donors (Lipinski definition) is 1. The first kappa shape index (κ1) is 20.3. The number of carbonyl (C=O) groups excluding carboxylic acids is 1. The van der Waals surface area contributed by atoms with Crippen molar-refractivity contribution >= 4 is 43.2 Å². The molecule has 0 saturated heterocycles. The molecule has 0 spiro atoms. The molecule has 0 aromatic heterocycles. The van der Waals surface area contributed by atoms with E-state index in [-0.39, 0.29) is 12.6 Å². The lowest BCUT2D eigenvalue weighted by molar-refractivity contribution is -0.114. The summed E-state index contributed by atoms with van der Waals surface area (Å²) in [5.74, 6) is 0.201. The van der Waals surface area contributed by atoms with E-state index < -0.39 is 15.9 Å². The maximum absolute atomic E-state index is 12.3. The number of benzene rings is 2. The van der Waals surface area contributed by atoms with Crippen LogP contribution in [0.4, 0.5) is 11.4 Å². The fourth-order valence-corrected chi connectivity index (χ4v) is 3.52. The zero-order chi connectivity index (χ0) is 19.3. The lowest BCUT2D eigenvalue weighted by Crippen LogP contribution is -2.37. The Balaban J connectivity index is 2.16. The van der Waals surface area contributed by atoms with Crippen LogP contribution in [0.1, 0.15) is 13.8 Å². The first-order valence-corrected chi connectivity index (χ1v) is 10.6. The van der Waals surface area contributed by atoms with E-state index in [9.17, 15) is 13.2 Å². The van der Waals surface area contributed by atoms with E-state index in [2.05, 4.69) is 21.2 Å². The van der Waals surface area contributed by atoms with Gasteiger partial charge < -0.3 is 10.1 Å². The van der Waals surface area contributed by atoms with Crippen LogP contribution in [0.25, 0.3) is 0 Å². The van der Waals surface area contributed by atoms with Gasteiger partial charge in [0.1, 0.15) is 12.3 Å². The van der Waals surface area contributed by atoms with Crippen LogP contribution in [0, 0.1) is 0 Å². The Morgan fingerprint density at radius 3 is 2.38 bits per heavy atom. The molecule has 0 bridgehead atoms. The summed E-state index contributed by atoms with van der Waals surface area (Å²) in [6.45, 7) is 3.49. The van der Waals surface area contributed by atoms with E-state index in [0.717, 1.165) is 15.0 Å². The smallest absolute Gasteiger partial charge is 0.245 e. The zero-order valence-corrected chi connectivity index (χ0v) is 17.2. The largest absolute Gasteiger partial charge is 0.491 e. The molecule has 0 atom stereocenters. The number of nitrogens with zero attached hydrogens (tertiary/aromatic N) is 1. The predicted molar refractivity (Wildman–Crippen MR) is 107 cm³/mol. The van der Waals surface area contributed by atoms with Crippen molar-refractivity contribution in [1.82, 2.24) is 0 Å². The van der Waals surface area contributed by atoms with Gasteiger partial charge in [0.2, 0.25) is 15.9 Å². The fourth-order valence-electron chi connectivity index (χ4n) is 2.26. The van der Waals surface area contributed by atoms with Crippen LogP contribution < -0.4 is 14.4 Å². The fraction of sp³-hybridized carbons (Fsp3) is 0.278. The number of hydrogen-bond acceptors (Lipinski definition) is 4. The molecule has 0 radical (unpaired) electrons. The standard InChI is InChI=1S/C18H21BrN2O4S/c1-13(2)25-17-9-7-16(8-10-17)21(26(3,23)24)12-18(22)20-15-6-4-5-14(19)11-15/h4-11,13H,12H2,1-3H3,(H,20,22). The van der Waals surface area contributed by atoms with E-state index in [1.54, 1.807) is 42.5 Å². The molecular formula is C18H21BrN2O4S. The third-order valence-electron chi connectivity index (χ3n) is 3.29. The second-order valence-electron chi connectivity index (χ2n) is 5.99. The predicted octanol–water partition coefficient (Wildman–Crippen LogP) is 3.64. The van der Waals surface area contributed by atoms with Crippen LogP contribution >= 0.6 is 15.9 Å². The van der Waals surface area contributed by atoms with Crippen molar-refractivity contribution in [3.8, 4) is 5.75 Å². The number of carbonyl (C=O) groups is 1. The van der Waals surface area contributed by atoms with E-state index in [1.807, 2.05) is 19.9 Å². The van der Waals surface area contributed by atoms with Crippen LogP contribution in [0.5, 0.6) is 5.75 Å². The highest BCUT2D eigenvalue weighted by atomic mass is 79.9. The summed E-state index contributed by atoms with van der Waals surface area (Å²) in [6.07, 6.45) is 1.08. The summed E-state index contributed by atoms with van der Waals surface area (Å²) in [6, 6.07) is 13.7. The van der Waals surface area contributed by atoms with Gasteiger partial charge in [0, 0.05) is 10.2 Å². The maximum atomic E-state index is 12.3.